The maximum absolute atomic E-state index is 12.3. The SMILES string of the molecule is CN(C)C1(C)CN(c2ccc(S(N)(=O)=O)c(S(N)(=O)=O)c2-c2nnn[nH]2)C1. The molecule has 148 valence electrons. The van der Waals surface area contributed by atoms with Crippen LogP contribution in [0.1, 0.15) is 6.92 Å². The zero-order chi connectivity index (χ0) is 20.2. The molecule has 1 aliphatic rings. The van der Waals surface area contributed by atoms with Crippen molar-refractivity contribution in [3.63, 3.8) is 0 Å². The van der Waals surface area contributed by atoms with Crippen molar-refractivity contribution in [2.75, 3.05) is 32.1 Å². The van der Waals surface area contributed by atoms with E-state index in [4.69, 9.17) is 10.3 Å². The molecule has 2 aromatic rings. The Labute approximate surface area is 156 Å². The van der Waals surface area contributed by atoms with Gasteiger partial charge in [-0.05, 0) is 43.6 Å². The number of primary sulfonamides is 2. The first kappa shape index (κ1) is 19.6. The maximum Gasteiger partial charge on any atom is 0.240 e. The van der Waals surface area contributed by atoms with Gasteiger partial charge >= 0.3 is 0 Å². The van der Waals surface area contributed by atoms with Crippen LogP contribution in [0.2, 0.25) is 0 Å². The molecule has 0 radical (unpaired) electrons. The number of anilines is 1. The summed E-state index contributed by atoms with van der Waals surface area (Å²) in [6.07, 6.45) is 0. The summed E-state index contributed by atoms with van der Waals surface area (Å²) in [4.78, 5) is 2.69. The number of sulfonamides is 2. The number of hydrogen-bond donors (Lipinski definition) is 3. The zero-order valence-electron chi connectivity index (χ0n) is 14.9. The van der Waals surface area contributed by atoms with Gasteiger partial charge in [0, 0.05) is 18.8 Å². The summed E-state index contributed by atoms with van der Waals surface area (Å²) in [6, 6.07) is 2.60. The Kier molecular flexibility index (Phi) is 4.51. The van der Waals surface area contributed by atoms with Gasteiger partial charge in [-0.2, -0.15) is 0 Å². The first-order valence-electron chi connectivity index (χ1n) is 7.74. The minimum absolute atomic E-state index is 0.0296. The van der Waals surface area contributed by atoms with Crippen molar-refractivity contribution in [1.29, 1.82) is 0 Å². The van der Waals surface area contributed by atoms with Crippen molar-refractivity contribution in [3.8, 4) is 11.4 Å². The molecule has 1 aromatic heterocycles. The van der Waals surface area contributed by atoms with Gasteiger partial charge in [-0.3, -0.25) is 0 Å². The van der Waals surface area contributed by atoms with Gasteiger partial charge < -0.3 is 9.80 Å². The van der Waals surface area contributed by atoms with Crippen LogP contribution < -0.4 is 15.2 Å². The largest absolute Gasteiger partial charge is 0.367 e. The van der Waals surface area contributed by atoms with E-state index in [-0.39, 0.29) is 16.9 Å². The molecule has 0 atom stereocenters. The fourth-order valence-electron chi connectivity index (χ4n) is 3.05. The molecule has 1 aliphatic heterocycles. The maximum atomic E-state index is 12.3. The number of nitrogens with one attached hydrogen (secondary N) is 1. The fraction of sp³-hybridized carbons (Fsp3) is 0.462. The summed E-state index contributed by atoms with van der Waals surface area (Å²) < 4.78 is 48.5. The van der Waals surface area contributed by atoms with Gasteiger partial charge in [0.25, 0.3) is 0 Å². The number of aromatic nitrogens is 4. The minimum atomic E-state index is -4.47. The first-order valence-corrected chi connectivity index (χ1v) is 10.8. The lowest BCUT2D eigenvalue weighted by Crippen LogP contribution is -2.67. The molecule has 1 saturated heterocycles. The summed E-state index contributed by atoms with van der Waals surface area (Å²) in [5.41, 5.74) is 0.274. The minimum Gasteiger partial charge on any atom is -0.367 e. The van der Waals surface area contributed by atoms with E-state index < -0.39 is 29.8 Å². The number of nitrogens with zero attached hydrogens (tertiary/aromatic N) is 5. The van der Waals surface area contributed by atoms with Crippen molar-refractivity contribution in [3.05, 3.63) is 12.1 Å². The van der Waals surface area contributed by atoms with Gasteiger partial charge in [0.05, 0.1) is 11.1 Å². The molecule has 3 rings (SSSR count). The molecular weight excluding hydrogens is 396 g/mol. The topological polar surface area (TPSA) is 181 Å². The second-order valence-corrected chi connectivity index (χ2v) is 9.90. The highest BCUT2D eigenvalue weighted by molar-refractivity contribution is 7.92. The predicted octanol–water partition coefficient (Wildman–Crippen LogP) is -1.70. The Morgan fingerprint density at radius 2 is 1.78 bits per heavy atom. The van der Waals surface area contributed by atoms with Crippen LogP contribution in [0.15, 0.2) is 21.9 Å². The van der Waals surface area contributed by atoms with E-state index >= 15 is 0 Å². The second kappa shape index (κ2) is 6.20. The van der Waals surface area contributed by atoms with Gasteiger partial charge in [-0.15, -0.1) is 5.10 Å². The van der Waals surface area contributed by atoms with Crippen LogP contribution in [0.3, 0.4) is 0 Å². The summed E-state index contributed by atoms with van der Waals surface area (Å²) in [5, 5.41) is 23.7. The summed E-state index contributed by atoms with van der Waals surface area (Å²) in [7, 11) is -4.95. The van der Waals surface area contributed by atoms with E-state index in [0.29, 0.717) is 18.8 Å². The van der Waals surface area contributed by atoms with Crippen LogP contribution in [-0.2, 0) is 20.0 Å². The number of rotatable bonds is 5. The number of nitrogens with two attached hydrogens (primary N) is 2. The third-order valence-electron chi connectivity index (χ3n) is 4.76. The molecule has 27 heavy (non-hydrogen) atoms. The molecule has 1 fully saturated rings. The average Bonchev–Trinajstić information content (AvgIpc) is 3.02. The first-order chi connectivity index (χ1) is 12.3. The van der Waals surface area contributed by atoms with Crippen molar-refractivity contribution < 1.29 is 16.8 Å². The molecule has 14 heteroatoms. The fourth-order valence-corrected chi connectivity index (χ4v) is 5.20. The Hall–Kier alpha value is -2.13. The molecule has 2 heterocycles. The van der Waals surface area contributed by atoms with Gasteiger partial charge in [0.2, 0.25) is 20.0 Å². The molecule has 0 saturated carbocycles. The highest BCUT2D eigenvalue weighted by Crippen LogP contribution is 2.41. The monoisotopic (exact) mass is 416 g/mol. The zero-order valence-corrected chi connectivity index (χ0v) is 16.5. The number of tetrazole rings is 1. The number of benzene rings is 1. The summed E-state index contributed by atoms with van der Waals surface area (Å²) in [5.74, 6) is -0.0296. The normalized spacial score (nSPS) is 17.2. The third kappa shape index (κ3) is 3.41. The highest BCUT2D eigenvalue weighted by atomic mass is 32.2. The number of hydrogen-bond acceptors (Lipinski definition) is 9. The number of likely N-dealkylation sites (N-methyl/N-ethyl adjacent to an activating group) is 1. The lowest BCUT2D eigenvalue weighted by Gasteiger charge is -2.53. The van der Waals surface area contributed by atoms with Crippen molar-refractivity contribution in [2.45, 2.75) is 22.3 Å². The molecule has 0 unspecified atom stereocenters. The second-order valence-electron chi connectivity index (χ2n) is 6.87. The quantitative estimate of drug-likeness (QED) is 0.511. The molecular formula is C13H20N8O4S2. The molecule has 0 aliphatic carbocycles. The van der Waals surface area contributed by atoms with Gasteiger partial charge in [0.1, 0.15) is 9.79 Å². The van der Waals surface area contributed by atoms with Gasteiger partial charge in [-0.25, -0.2) is 32.2 Å². The average molecular weight is 416 g/mol. The van der Waals surface area contributed by atoms with E-state index in [9.17, 15) is 16.8 Å². The molecule has 0 amide bonds. The third-order valence-corrected chi connectivity index (χ3v) is 6.83. The van der Waals surface area contributed by atoms with E-state index in [2.05, 4.69) is 32.4 Å². The Bertz CT molecular complexity index is 1070. The standard InChI is InChI=1S/C13H20N8O4S2/c1-13(20(2)3)6-21(7-13)8-4-5-9(26(14,22)23)11(27(15,24)25)10(8)12-16-18-19-17-12/h4-5H,6-7H2,1-3H3,(H2,14,22,23)(H2,15,24,25)(H,16,17,18,19). The van der Waals surface area contributed by atoms with Gasteiger partial charge in [0.15, 0.2) is 5.82 Å². The predicted molar refractivity (Wildman–Crippen MR) is 96.7 cm³/mol. The highest BCUT2D eigenvalue weighted by Gasteiger charge is 2.43. The van der Waals surface area contributed by atoms with E-state index in [1.807, 2.05) is 19.0 Å². The van der Waals surface area contributed by atoms with Crippen LogP contribution in [0.25, 0.3) is 11.4 Å². The van der Waals surface area contributed by atoms with Gasteiger partial charge in [-0.1, -0.05) is 0 Å². The molecule has 0 bridgehead atoms. The lowest BCUT2D eigenvalue weighted by molar-refractivity contribution is 0.133. The van der Waals surface area contributed by atoms with Crippen LogP contribution in [0, 0.1) is 0 Å². The van der Waals surface area contributed by atoms with E-state index in [1.165, 1.54) is 6.07 Å². The van der Waals surface area contributed by atoms with E-state index in [1.54, 1.807) is 0 Å². The van der Waals surface area contributed by atoms with Crippen molar-refractivity contribution >= 4 is 25.7 Å². The van der Waals surface area contributed by atoms with E-state index in [0.717, 1.165) is 6.07 Å². The summed E-state index contributed by atoms with van der Waals surface area (Å²) >= 11 is 0. The van der Waals surface area contributed by atoms with Crippen molar-refractivity contribution in [1.82, 2.24) is 25.5 Å². The number of H-pyrrole nitrogens is 1. The van der Waals surface area contributed by atoms with Crippen LogP contribution >= 0.6 is 0 Å². The number of aromatic amines is 1. The molecule has 0 spiro atoms. The lowest BCUT2D eigenvalue weighted by atomic mass is 9.89. The molecule has 5 N–H and O–H groups in total. The Balaban J connectivity index is 2.28. The molecule has 1 aromatic carbocycles. The van der Waals surface area contributed by atoms with Crippen LogP contribution in [0.4, 0.5) is 5.69 Å². The van der Waals surface area contributed by atoms with Crippen LogP contribution in [0.5, 0.6) is 0 Å². The Morgan fingerprint density at radius 1 is 1.15 bits per heavy atom. The summed E-state index contributed by atoms with van der Waals surface area (Å²) in [6.45, 7) is 3.21. The Morgan fingerprint density at radius 3 is 2.22 bits per heavy atom. The molecule has 12 nitrogen and oxygen atoms in total. The smallest absolute Gasteiger partial charge is 0.240 e. The van der Waals surface area contributed by atoms with Crippen molar-refractivity contribution in [2.24, 2.45) is 10.3 Å². The van der Waals surface area contributed by atoms with Crippen LogP contribution in [-0.4, -0.2) is 75.1 Å².